The van der Waals surface area contributed by atoms with Gasteiger partial charge in [0.25, 0.3) is 0 Å². The normalized spacial score (nSPS) is 19.0. The van der Waals surface area contributed by atoms with Gasteiger partial charge in [0.15, 0.2) is 0 Å². The minimum Gasteiger partial charge on any atom is -0.300 e. The van der Waals surface area contributed by atoms with E-state index in [-0.39, 0.29) is 0 Å². The van der Waals surface area contributed by atoms with Gasteiger partial charge in [-0.15, -0.1) is 0 Å². The van der Waals surface area contributed by atoms with Crippen LogP contribution < -0.4 is 5.48 Å². The van der Waals surface area contributed by atoms with Gasteiger partial charge < -0.3 is 0 Å². The van der Waals surface area contributed by atoms with Crippen molar-refractivity contribution in [1.29, 1.82) is 0 Å². The van der Waals surface area contributed by atoms with E-state index in [1.165, 1.54) is 36.4 Å². The van der Waals surface area contributed by atoms with E-state index in [0.717, 1.165) is 25.7 Å². The molecule has 4 nitrogen and oxygen atoms in total. The van der Waals surface area contributed by atoms with Crippen LogP contribution in [0.5, 0.6) is 0 Å². The van der Waals surface area contributed by atoms with E-state index in [0.29, 0.717) is 11.2 Å². The van der Waals surface area contributed by atoms with Crippen molar-refractivity contribution < 1.29 is 14.8 Å². The molecule has 4 heteroatoms. The van der Waals surface area contributed by atoms with E-state index < -0.39 is 5.91 Å². The summed E-state index contributed by atoms with van der Waals surface area (Å²) in [4.78, 5) is 20.7. The molecule has 1 saturated carbocycles. The summed E-state index contributed by atoms with van der Waals surface area (Å²) in [5.74, 6) is 0.0292. The predicted molar refractivity (Wildman–Crippen MR) is 75.4 cm³/mol. The fraction of sp³-hybridized carbons (Fsp3) is 0.500. The average molecular weight is 275 g/mol. The van der Waals surface area contributed by atoms with Crippen molar-refractivity contribution in [2.45, 2.75) is 45.4 Å². The van der Waals surface area contributed by atoms with Crippen LogP contribution in [-0.2, 0) is 22.4 Å². The zero-order valence-electron chi connectivity index (χ0n) is 11.8. The number of nitrogens with one attached hydrogen (secondary N) is 1. The second-order valence-corrected chi connectivity index (χ2v) is 5.83. The third kappa shape index (κ3) is 3.45. The van der Waals surface area contributed by atoms with Crippen LogP contribution in [0.25, 0.3) is 0 Å². The van der Waals surface area contributed by atoms with Gasteiger partial charge in [0.2, 0.25) is 5.91 Å². The van der Waals surface area contributed by atoms with Gasteiger partial charge in [-0.2, -0.15) is 0 Å². The van der Waals surface area contributed by atoms with Crippen LogP contribution in [-0.4, -0.2) is 16.9 Å². The molecule has 0 saturated heterocycles. The number of ketones is 1. The molecule has 2 aliphatic carbocycles. The van der Waals surface area contributed by atoms with Crippen LogP contribution in [0.15, 0.2) is 24.3 Å². The Morgan fingerprint density at radius 1 is 1.15 bits per heavy atom. The minimum atomic E-state index is -0.440. The van der Waals surface area contributed by atoms with E-state index in [4.69, 9.17) is 5.21 Å². The Morgan fingerprint density at radius 2 is 1.60 bits per heavy atom. The molecule has 1 spiro atoms. The number of benzene rings is 1. The monoisotopic (exact) mass is 275 g/mol. The molecule has 1 aromatic rings. The molecular weight excluding hydrogens is 254 g/mol. The van der Waals surface area contributed by atoms with Gasteiger partial charge in [-0.25, -0.2) is 5.48 Å². The first-order valence-electron chi connectivity index (χ1n) is 7.04. The molecule has 2 aliphatic rings. The van der Waals surface area contributed by atoms with Crippen LogP contribution in [0.1, 0.15) is 43.7 Å². The van der Waals surface area contributed by atoms with Gasteiger partial charge in [-0.05, 0) is 42.2 Å². The Bertz CT molecular complexity index is 473. The zero-order valence-corrected chi connectivity index (χ0v) is 11.8. The van der Waals surface area contributed by atoms with Gasteiger partial charge in [0.05, 0.1) is 0 Å². The quantitative estimate of drug-likeness (QED) is 0.564. The first kappa shape index (κ1) is 14.7. The molecular formula is C16H21NO3. The Hall–Kier alpha value is -1.68. The molecule has 0 heterocycles. The Labute approximate surface area is 119 Å². The van der Waals surface area contributed by atoms with E-state index in [2.05, 4.69) is 24.3 Å². The van der Waals surface area contributed by atoms with Crippen molar-refractivity contribution in [1.82, 2.24) is 5.48 Å². The fourth-order valence-electron chi connectivity index (χ4n) is 3.19. The minimum absolute atomic E-state index is 0.440. The van der Waals surface area contributed by atoms with E-state index >= 15 is 0 Å². The highest BCUT2D eigenvalue weighted by Gasteiger charge is 2.39. The molecule has 0 atom stereocenters. The SMILES string of the molecule is CC(=O)NO.O=C1CCC2(CC1)Cc1ccccc1C2. The summed E-state index contributed by atoms with van der Waals surface area (Å²) in [6.07, 6.45) is 6.26. The summed E-state index contributed by atoms with van der Waals surface area (Å²) in [7, 11) is 0. The smallest absolute Gasteiger partial charge is 0.240 e. The maximum Gasteiger partial charge on any atom is 0.240 e. The maximum atomic E-state index is 11.3. The number of rotatable bonds is 0. The van der Waals surface area contributed by atoms with Gasteiger partial charge in [0.1, 0.15) is 5.78 Å². The molecule has 3 rings (SSSR count). The molecule has 108 valence electrons. The molecule has 20 heavy (non-hydrogen) atoms. The molecule has 1 aromatic carbocycles. The Kier molecular flexibility index (Phi) is 4.55. The van der Waals surface area contributed by atoms with Crippen molar-refractivity contribution in [3.63, 3.8) is 0 Å². The number of carbonyl (C=O) groups excluding carboxylic acids is 2. The summed E-state index contributed by atoms with van der Waals surface area (Å²) in [6, 6.07) is 8.76. The van der Waals surface area contributed by atoms with Crippen molar-refractivity contribution in [2.75, 3.05) is 0 Å². The molecule has 0 radical (unpaired) electrons. The summed E-state index contributed by atoms with van der Waals surface area (Å²) < 4.78 is 0. The first-order chi connectivity index (χ1) is 9.54. The van der Waals surface area contributed by atoms with Crippen molar-refractivity contribution >= 4 is 11.7 Å². The van der Waals surface area contributed by atoms with Crippen LogP contribution in [0, 0.1) is 5.41 Å². The number of Topliss-reactive ketones (excluding diaryl/α,β-unsaturated/α-hetero) is 1. The lowest BCUT2D eigenvalue weighted by Crippen LogP contribution is -2.28. The van der Waals surface area contributed by atoms with Crippen LogP contribution in [0.2, 0.25) is 0 Å². The molecule has 0 aromatic heterocycles. The van der Waals surface area contributed by atoms with Crippen LogP contribution in [0.3, 0.4) is 0 Å². The zero-order chi connectivity index (χ0) is 14.6. The number of fused-ring (bicyclic) bond motifs is 1. The van der Waals surface area contributed by atoms with E-state index in [9.17, 15) is 9.59 Å². The Balaban J connectivity index is 0.000000257. The summed E-state index contributed by atoms with van der Waals surface area (Å²) in [6.45, 7) is 1.22. The topological polar surface area (TPSA) is 66.4 Å². The number of hydrogen-bond acceptors (Lipinski definition) is 3. The number of carbonyl (C=O) groups is 2. The second-order valence-electron chi connectivity index (χ2n) is 5.83. The van der Waals surface area contributed by atoms with E-state index in [1.807, 2.05) is 0 Å². The second kappa shape index (κ2) is 6.18. The van der Waals surface area contributed by atoms with Gasteiger partial charge in [-0.3, -0.25) is 14.8 Å². The molecule has 0 aliphatic heterocycles. The Morgan fingerprint density at radius 3 is 2.00 bits per heavy atom. The van der Waals surface area contributed by atoms with Crippen molar-refractivity contribution in [2.24, 2.45) is 5.41 Å². The molecule has 1 amide bonds. The highest BCUT2D eigenvalue weighted by Crippen LogP contribution is 2.46. The first-order valence-corrected chi connectivity index (χ1v) is 7.04. The van der Waals surface area contributed by atoms with Gasteiger partial charge in [0, 0.05) is 19.8 Å². The largest absolute Gasteiger partial charge is 0.300 e. The average Bonchev–Trinajstić information content (AvgIpc) is 2.81. The summed E-state index contributed by atoms with van der Waals surface area (Å²) in [5, 5.41) is 7.54. The lowest BCUT2D eigenvalue weighted by Gasteiger charge is -2.32. The number of amides is 1. The molecule has 1 fully saturated rings. The van der Waals surface area contributed by atoms with Crippen LogP contribution >= 0.6 is 0 Å². The lowest BCUT2D eigenvalue weighted by molar-refractivity contribution is -0.126. The third-order valence-corrected chi connectivity index (χ3v) is 4.28. The van der Waals surface area contributed by atoms with Gasteiger partial charge in [-0.1, -0.05) is 24.3 Å². The maximum absolute atomic E-state index is 11.3. The lowest BCUT2D eigenvalue weighted by atomic mass is 9.72. The number of hydrogen-bond donors (Lipinski definition) is 2. The van der Waals surface area contributed by atoms with Gasteiger partial charge >= 0.3 is 0 Å². The summed E-state index contributed by atoms with van der Waals surface area (Å²) >= 11 is 0. The highest BCUT2D eigenvalue weighted by atomic mass is 16.5. The van der Waals surface area contributed by atoms with E-state index in [1.54, 1.807) is 0 Å². The third-order valence-electron chi connectivity index (χ3n) is 4.28. The van der Waals surface area contributed by atoms with Crippen LogP contribution in [0.4, 0.5) is 0 Å². The van der Waals surface area contributed by atoms with Crippen molar-refractivity contribution in [3.05, 3.63) is 35.4 Å². The van der Waals surface area contributed by atoms with Crippen molar-refractivity contribution in [3.8, 4) is 0 Å². The predicted octanol–water partition coefficient (Wildman–Crippen LogP) is 2.43. The highest BCUT2D eigenvalue weighted by molar-refractivity contribution is 5.79. The number of hydroxylamine groups is 1. The fourth-order valence-corrected chi connectivity index (χ4v) is 3.19. The molecule has 0 unspecified atom stereocenters. The summed E-state index contributed by atoms with van der Waals surface area (Å²) in [5.41, 5.74) is 4.87. The molecule has 0 bridgehead atoms. The standard InChI is InChI=1S/C14H16O.C2H5NO2/c15-13-5-7-14(8-6-13)9-11-3-1-2-4-12(11)10-14;1-2(4)3-5/h1-4H,5-10H2;5H,1H3,(H,3,4). The molecule has 2 N–H and O–H groups in total.